The highest BCUT2D eigenvalue weighted by molar-refractivity contribution is 5.89. The summed E-state index contributed by atoms with van der Waals surface area (Å²) in [4.78, 5) is 11.2. The second kappa shape index (κ2) is 9.08. The summed E-state index contributed by atoms with van der Waals surface area (Å²) in [5.41, 5.74) is 3.98. The number of anilines is 1. The average molecular weight is 440 g/mol. The molecule has 0 spiro atoms. The van der Waals surface area contributed by atoms with E-state index < -0.39 is 0 Å². The summed E-state index contributed by atoms with van der Waals surface area (Å²) < 4.78 is 8.26. The molecule has 1 aliphatic heterocycles. The van der Waals surface area contributed by atoms with E-state index in [1.807, 2.05) is 48.5 Å². The van der Waals surface area contributed by atoms with Crippen LogP contribution in [0.5, 0.6) is 5.75 Å². The Bertz CT molecular complexity index is 1290. The van der Waals surface area contributed by atoms with Gasteiger partial charge in [-0.2, -0.15) is 0 Å². The van der Waals surface area contributed by atoms with Gasteiger partial charge < -0.3 is 19.5 Å². The lowest BCUT2D eigenvalue weighted by molar-refractivity contribution is 0.114. The Labute approximate surface area is 194 Å². The van der Waals surface area contributed by atoms with Crippen molar-refractivity contribution < 1.29 is 4.74 Å². The first-order valence-electron chi connectivity index (χ1n) is 11.3. The molecule has 1 aliphatic rings. The number of rotatable bonds is 6. The fraction of sp³-hybridized carbons (Fsp3) is 0.259. The average Bonchev–Trinajstić information content (AvgIpc) is 3.26. The largest absolute Gasteiger partial charge is 0.490 e. The van der Waals surface area contributed by atoms with Crippen LogP contribution in [0.15, 0.2) is 73.8 Å². The van der Waals surface area contributed by atoms with Crippen molar-refractivity contribution in [2.75, 3.05) is 25.5 Å². The highest BCUT2D eigenvalue weighted by atomic mass is 16.5. The van der Waals surface area contributed by atoms with Gasteiger partial charge in [0.15, 0.2) is 0 Å². The number of aromatic nitrogens is 3. The topological polar surface area (TPSA) is 55.2 Å². The number of nitrogens with one attached hydrogen (secondary N) is 1. The fourth-order valence-electron chi connectivity index (χ4n) is 4.28. The molecule has 1 fully saturated rings. The van der Waals surface area contributed by atoms with Gasteiger partial charge in [0, 0.05) is 48.5 Å². The molecule has 0 amide bonds. The molecule has 0 radical (unpaired) electrons. The third kappa shape index (κ3) is 4.76. The van der Waals surface area contributed by atoms with Crippen molar-refractivity contribution >= 4 is 22.3 Å². The molecule has 1 saturated heterocycles. The lowest BCUT2D eigenvalue weighted by atomic mass is 10.1. The summed E-state index contributed by atoms with van der Waals surface area (Å²) in [5.74, 6) is 1.65. The molecule has 33 heavy (non-hydrogen) atoms. The SMILES string of the molecule is C=C(Nc1cc2cc(-c3cncn3C)ccc2cn1)c1cccc(OC2CCN(C)CC2)c1. The molecule has 0 saturated carbocycles. The summed E-state index contributed by atoms with van der Waals surface area (Å²) in [7, 11) is 4.16. The maximum Gasteiger partial charge on any atom is 0.130 e. The van der Waals surface area contributed by atoms with Gasteiger partial charge in [0.05, 0.1) is 18.2 Å². The second-order valence-corrected chi connectivity index (χ2v) is 8.77. The molecule has 0 unspecified atom stereocenters. The first-order valence-corrected chi connectivity index (χ1v) is 11.3. The van der Waals surface area contributed by atoms with Crippen LogP contribution in [-0.2, 0) is 7.05 Å². The van der Waals surface area contributed by atoms with Crippen molar-refractivity contribution in [3.8, 4) is 17.0 Å². The summed E-state index contributed by atoms with van der Waals surface area (Å²) in [6, 6.07) is 16.5. The number of aryl methyl sites for hydroxylation is 1. The maximum atomic E-state index is 6.24. The van der Waals surface area contributed by atoms with E-state index in [2.05, 4.69) is 64.1 Å². The van der Waals surface area contributed by atoms with Gasteiger partial charge in [-0.15, -0.1) is 0 Å². The normalized spacial score (nSPS) is 15.0. The predicted octanol–water partition coefficient (Wildman–Crippen LogP) is 5.19. The zero-order chi connectivity index (χ0) is 22.8. The molecule has 168 valence electrons. The molecule has 2 aromatic carbocycles. The molecule has 6 nitrogen and oxygen atoms in total. The summed E-state index contributed by atoms with van der Waals surface area (Å²) in [6.07, 6.45) is 7.96. The van der Waals surface area contributed by atoms with E-state index in [-0.39, 0.29) is 6.10 Å². The zero-order valence-corrected chi connectivity index (χ0v) is 19.2. The third-order valence-corrected chi connectivity index (χ3v) is 6.26. The molecule has 0 bridgehead atoms. The smallest absolute Gasteiger partial charge is 0.130 e. The van der Waals surface area contributed by atoms with E-state index in [0.29, 0.717) is 0 Å². The van der Waals surface area contributed by atoms with E-state index in [9.17, 15) is 0 Å². The van der Waals surface area contributed by atoms with Gasteiger partial charge in [0.2, 0.25) is 0 Å². The number of benzene rings is 2. The van der Waals surface area contributed by atoms with E-state index in [1.165, 1.54) is 0 Å². The van der Waals surface area contributed by atoms with E-state index in [0.717, 1.165) is 70.8 Å². The third-order valence-electron chi connectivity index (χ3n) is 6.26. The van der Waals surface area contributed by atoms with Crippen LogP contribution in [0, 0.1) is 0 Å². The Morgan fingerprint density at radius 3 is 2.67 bits per heavy atom. The van der Waals surface area contributed by atoms with Crippen LogP contribution in [-0.4, -0.2) is 45.7 Å². The number of fused-ring (bicyclic) bond motifs is 1. The standard InChI is InChI=1S/C27H29N5O/c1-19(20-5-4-6-25(14-20)33-24-9-11-31(2)12-10-24)30-27-15-23-13-21(7-8-22(23)16-29-27)26-17-28-18-32(26)3/h4-8,13-18,24H,1,9-12H2,2-3H3,(H,29,30). The number of nitrogens with zero attached hydrogens (tertiary/aromatic N) is 4. The van der Waals surface area contributed by atoms with E-state index in [4.69, 9.17) is 4.74 Å². The minimum absolute atomic E-state index is 0.272. The lowest BCUT2D eigenvalue weighted by Crippen LogP contribution is -2.35. The van der Waals surface area contributed by atoms with Gasteiger partial charge in [0.25, 0.3) is 0 Å². The highest BCUT2D eigenvalue weighted by Gasteiger charge is 2.18. The van der Waals surface area contributed by atoms with Crippen LogP contribution in [0.1, 0.15) is 18.4 Å². The summed E-state index contributed by atoms with van der Waals surface area (Å²) in [5, 5.41) is 5.57. The van der Waals surface area contributed by atoms with Crippen LogP contribution >= 0.6 is 0 Å². The Balaban J connectivity index is 1.32. The molecule has 0 aliphatic carbocycles. The summed E-state index contributed by atoms with van der Waals surface area (Å²) in [6.45, 7) is 6.40. The van der Waals surface area contributed by atoms with Crippen LogP contribution in [0.3, 0.4) is 0 Å². The minimum atomic E-state index is 0.272. The van der Waals surface area contributed by atoms with Crippen molar-refractivity contribution in [2.45, 2.75) is 18.9 Å². The number of imidazole rings is 1. The zero-order valence-electron chi connectivity index (χ0n) is 19.2. The first-order chi connectivity index (χ1) is 16.0. The second-order valence-electron chi connectivity index (χ2n) is 8.77. The molecule has 3 heterocycles. The van der Waals surface area contributed by atoms with Crippen molar-refractivity contribution in [2.24, 2.45) is 7.05 Å². The van der Waals surface area contributed by atoms with Crippen molar-refractivity contribution in [3.63, 3.8) is 0 Å². The molecular weight excluding hydrogens is 410 g/mol. The predicted molar refractivity (Wildman–Crippen MR) is 134 cm³/mol. The van der Waals surface area contributed by atoms with Gasteiger partial charge >= 0.3 is 0 Å². The fourth-order valence-corrected chi connectivity index (χ4v) is 4.28. The maximum absolute atomic E-state index is 6.24. The van der Waals surface area contributed by atoms with Gasteiger partial charge in [-0.1, -0.05) is 30.8 Å². The lowest BCUT2D eigenvalue weighted by Gasteiger charge is -2.29. The molecule has 2 aromatic heterocycles. The van der Waals surface area contributed by atoms with E-state index >= 15 is 0 Å². The van der Waals surface area contributed by atoms with E-state index in [1.54, 1.807) is 0 Å². The molecular formula is C27H29N5O. The van der Waals surface area contributed by atoms with Crippen LogP contribution in [0.25, 0.3) is 27.7 Å². The summed E-state index contributed by atoms with van der Waals surface area (Å²) >= 11 is 0. The number of likely N-dealkylation sites (tertiary alicyclic amines) is 1. The quantitative estimate of drug-likeness (QED) is 0.448. The Morgan fingerprint density at radius 2 is 1.88 bits per heavy atom. The van der Waals surface area contributed by atoms with Gasteiger partial charge in [-0.25, -0.2) is 9.97 Å². The van der Waals surface area contributed by atoms with Gasteiger partial charge in [-0.05, 0) is 49.5 Å². The molecule has 1 N–H and O–H groups in total. The Hall–Kier alpha value is -3.64. The number of hydrogen-bond acceptors (Lipinski definition) is 5. The molecule has 6 heteroatoms. The van der Waals surface area contributed by atoms with Crippen molar-refractivity contribution in [3.05, 3.63) is 79.4 Å². The number of ether oxygens (including phenoxy) is 1. The first kappa shape index (κ1) is 21.2. The molecule has 4 aromatic rings. The van der Waals surface area contributed by atoms with Crippen molar-refractivity contribution in [1.82, 2.24) is 19.4 Å². The van der Waals surface area contributed by atoms with Gasteiger partial charge in [-0.3, -0.25) is 0 Å². The number of hydrogen-bond donors (Lipinski definition) is 1. The minimum Gasteiger partial charge on any atom is -0.490 e. The Morgan fingerprint density at radius 1 is 1.03 bits per heavy atom. The highest BCUT2D eigenvalue weighted by Crippen LogP contribution is 2.27. The number of pyridine rings is 1. The number of piperidine rings is 1. The molecule has 5 rings (SSSR count). The Kier molecular flexibility index (Phi) is 5.84. The van der Waals surface area contributed by atoms with Crippen LogP contribution in [0.4, 0.5) is 5.82 Å². The van der Waals surface area contributed by atoms with Gasteiger partial charge in [0.1, 0.15) is 17.7 Å². The van der Waals surface area contributed by atoms with Crippen molar-refractivity contribution in [1.29, 1.82) is 0 Å². The van der Waals surface area contributed by atoms with Crippen LogP contribution < -0.4 is 10.1 Å². The molecule has 0 atom stereocenters. The monoisotopic (exact) mass is 439 g/mol. The van der Waals surface area contributed by atoms with Crippen LogP contribution in [0.2, 0.25) is 0 Å².